The van der Waals surface area contributed by atoms with Crippen LogP contribution in [-0.4, -0.2) is 0 Å². The normalized spacial score (nSPS) is 12.9. The van der Waals surface area contributed by atoms with Crippen molar-refractivity contribution in [1.29, 1.82) is 0 Å². The molecule has 2 heteroatoms. The maximum atomic E-state index is 6.81. The quantitative estimate of drug-likeness (QED) is 0.169. The molecule has 0 amide bonds. The average Bonchev–Trinajstić information content (AvgIpc) is 3.77. The van der Waals surface area contributed by atoms with Crippen LogP contribution in [0.2, 0.25) is 0 Å². The van der Waals surface area contributed by atoms with Crippen molar-refractivity contribution in [2.24, 2.45) is 0 Å². The largest absolute Gasteiger partial charge is 0.455 e. The first kappa shape index (κ1) is 33.2. The van der Waals surface area contributed by atoms with Crippen molar-refractivity contribution in [2.75, 3.05) is 4.90 Å². The number of benzene rings is 9. The summed E-state index contributed by atoms with van der Waals surface area (Å²) in [5.74, 6) is 0. The van der Waals surface area contributed by atoms with Gasteiger partial charge < -0.3 is 9.32 Å². The highest BCUT2D eigenvalue weighted by Crippen LogP contribution is 2.54. The van der Waals surface area contributed by atoms with Crippen LogP contribution in [-0.2, 0) is 5.41 Å². The predicted octanol–water partition coefficient (Wildman–Crippen LogP) is 15.5. The fraction of sp³-hybridized carbons (Fsp3) is 0.0545. The Morgan fingerprint density at radius 3 is 1.88 bits per heavy atom. The predicted molar refractivity (Wildman–Crippen MR) is 240 cm³/mol. The molecule has 0 aliphatic heterocycles. The molecule has 0 radical (unpaired) electrons. The van der Waals surface area contributed by atoms with Crippen LogP contribution in [0.1, 0.15) is 25.0 Å². The van der Waals surface area contributed by atoms with Gasteiger partial charge in [-0.15, -0.1) is 0 Å². The van der Waals surface area contributed by atoms with E-state index in [0.29, 0.717) is 0 Å². The van der Waals surface area contributed by atoms with Gasteiger partial charge in [-0.25, -0.2) is 0 Å². The molecule has 0 saturated heterocycles. The summed E-state index contributed by atoms with van der Waals surface area (Å²) in [6, 6.07) is 72.6. The van der Waals surface area contributed by atoms with Crippen molar-refractivity contribution in [2.45, 2.75) is 19.3 Å². The molecule has 57 heavy (non-hydrogen) atoms. The lowest BCUT2D eigenvalue weighted by molar-refractivity contribution is 0.660. The van der Waals surface area contributed by atoms with Crippen molar-refractivity contribution in [3.8, 4) is 44.5 Å². The van der Waals surface area contributed by atoms with E-state index in [0.717, 1.165) is 49.8 Å². The third-order valence-corrected chi connectivity index (χ3v) is 12.1. The van der Waals surface area contributed by atoms with Gasteiger partial charge in [-0.2, -0.15) is 0 Å². The molecule has 270 valence electrons. The van der Waals surface area contributed by atoms with Crippen LogP contribution in [0.5, 0.6) is 0 Å². The summed E-state index contributed by atoms with van der Waals surface area (Å²) in [5.41, 5.74) is 17.4. The number of hydrogen-bond acceptors (Lipinski definition) is 2. The highest BCUT2D eigenvalue weighted by Gasteiger charge is 2.37. The first-order chi connectivity index (χ1) is 28.1. The third kappa shape index (κ3) is 5.18. The Morgan fingerprint density at radius 1 is 0.421 bits per heavy atom. The van der Waals surface area contributed by atoms with Crippen molar-refractivity contribution >= 4 is 49.8 Å². The molecule has 11 rings (SSSR count). The van der Waals surface area contributed by atoms with Crippen LogP contribution in [0.3, 0.4) is 0 Å². The third-order valence-electron chi connectivity index (χ3n) is 12.1. The van der Waals surface area contributed by atoms with E-state index in [1.807, 2.05) is 0 Å². The van der Waals surface area contributed by atoms with E-state index in [4.69, 9.17) is 4.42 Å². The lowest BCUT2D eigenvalue weighted by Gasteiger charge is -2.30. The minimum atomic E-state index is -0.113. The fourth-order valence-corrected chi connectivity index (χ4v) is 9.40. The maximum absolute atomic E-state index is 6.81. The molecule has 10 aromatic rings. The molecule has 1 aromatic heterocycles. The van der Waals surface area contributed by atoms with Crippen LogP contribution in [0.25, 0.3) is 77.2 Å². The van der Waals surface area contributed by atoms with Gasteiger partial charge in [0.25, 0.3) is 0 Å². The van der Waals surface area contributed by atoms with Crippen molar-refractivity contribution < 1.29 is 4.42 Å². The van der Waals surface area contributed by atoms with E-state index < -0.39 is 0 Å². The number of rotatable bonds is 6. The number of fused-ring (bicyclic) bond motifs is 8. The Morgan fingerprint density at radius 2 is 1.05 bits per heavy atom. The van der Waals surface area contributed by atoms with E-state index in [1.54, 1.807) is 0 Å². The minimum Gasteiger partial charge on any atom is -0.455 e. The standard InChI is InChI=1S/C55H39NO/c1-55(2)47-26-13-11-24-44(47)52-43(25-15-27-48(52)55)42-23-12-14-28-49(42)56(39-32-34-40(36-17-5-3-6-18-36)46(35-39)37-19-7-4-8-20-37)50-29-16-30-51-53(50)45-33-31-38-21-9-10-22-41(38)54(45)57-51/h3-35H,1-2H3. The molecule has 0 N–H and O–H groups in total. The molecule has 0 unspecified atom stereocenters. The topological polar surface area (TPSA) is 16.4 Å². The van der Waals surface area contributed by atoms with Crippen LogP contribution < -0.4 is 4.90 Å². The molecule has 9 aromatic carbocycles. The molecule has 1 aliphatic carbocycles. The van der Waals surface area contributed by atoms with Gasteiger partial charge in [0.05, 0.1) is 16.8 Å². The van der Waals surface area contributed by atoms with Crippen LogP contribution in [0.4, 0.5) is 17.1 Å². The first-order valence-corrected chi connectivity index (χ1v) is 19.8. The Labute approximate surface area is 332 Å². The monoisotopic (exact) mass is 729 g/mol. The second kappa shape index (κ2) is 13.0. The van der Waals surface area contributed by atoms with Crippen molar-refractivity contribution in [3.63, 3.8) is 0 Å². The van der Waals surface area contributed by atoms with Crippen LogP contribution >= 0.6 is 0 Å². The summed E-state index contributed by atoms with van der Waals surface area (Å²) >= 11 is 0. The van der Waals surface area contributed by atoms with Crippen LogP contribution in [0, 0.1) is 0 Å². The van der Waals surface area contributed by atoms with Gasteiger partial charge in [-0.1, -0.05) is 178 Å². The smallest absolute Gasteiger partial charge is 0.143 e. The molecule has 0 spiro atoms. The summed E-state index contributed by atoms with van der Waals surface area (Å²) in [6.45, 7) is 4.71. The zero-order chi connectivity index (χ0) is 38.1. The number of hydrogen-bond donors (Lipinski definition) is 0. The van der Waals surface area contributed by atoms with Crippen LogP contribution in [0.15, 0.2) is 205 Å². The van der Waals surface area contributed by atoms with Gasteiger partial charge in [-0.05, 0) is 91.9 Å². The molecule has 1 aliphatic rings. The second-order valence-corrected chi connectivity index (χ2v) is 15.6. The zero-order valence-electron chi connectivity index (χ0n) is 31.9. The average molecular weight is 730 g/mol. The summed E-state index contributed by atoms with van der Waals surface area (Å²) in [5, 5.41) is 4.47. The van der Waals surface area contributed by atoms with E-state index in [1.165, 1.54) is 55.6 Å². The van der Waals surface area contributed by atoms with Gasteiger partial charge in [0.1, 0.15) is 11.2 Å². The number of furan rings is 1. The summed E-state index contributed by atoms with van der Waals surface area (Å²) in [4.78, 5) is 2.47. The fourth-order valence-electron chi connectivity index (χ4n) is 9.40. The lowest BCUT2D eigenvalue weighted by atomic mass is 9.82. The Hall–Kier alpha value is -7.16. The SMILES string of the molecule is CC1(C)c2ccccc2-c2c(-c3ccccc3N(c3ccc(-c4ccccc4)c(-c4ccccc4)c3)c3cccc4oc5c6ccccc6ccc5c34)cccc21. The van der Waals surface area contributed by atoms with E-state index in [-0.39, 0.29) is 5.41 Å². The Kier molecular flexibility index (Phi) is 7.55. The van der Waals surface area contributed by atoms with Gasteiger partial charge in [0.2, 0.25) is 0 Å². The second-order valence-electron chi connectivity index (χ2n) is 15.6. The molecular weight excluding hydrogens is 691 g/mol. The number of anilines is 3. The van der Waals surface area contributed by atoms with Gasteiger partial charge in [0, 0.05) is 27.4 Å². The maximum Gasteiger partial charge on any atom is 0.143 e. The molecule has 2 nitrogen and oxygen atoms in total. The highest BCUT2D eigenvalue weighted by molar-refractivity contribution is 6.20. The molecule has 0 atom stereocenters. The van der Waals surface area contributed by atoms with Crippen molar-refractivity contribution in [3.05, 3.63) is 211 Å². The summed E-state index contributed by atoms with van der Waals surface area (Å²) < 4.78 is 6.81. The molecular formula is C55H39NO. The molecule has 1 heterocycles. The van der Waals surface area contributed by atoms with E-state index in [9.17, 15) is 0 Å². The minimum absolute atomic E-state index is 0.113. The first-order valence-electron chi connectivity index (χ1n) is 19.8. The summed E-state index contributed by atoms with van der Waals surface area (Å²) in [7, 11) is 0. The van der Waals surface area contributed by atoms with E-state index in [2.05, 4.69) is 219 Å². The molecule has 0 fully saturated rings. The number of nitrogens with zero attached hydrogens (tertiary/aromatic N) is 1. The van der Waals surface area contributed by atoms with Crippen molar-refractivity contribution in [1.82, 2.24) is 0 Å². The number of para-hydroxylation sites is 1. The zero-order valence-corrected chi connectivity index (χ0v) is 31.9. The molecule has 0 saturated carbocycles. The van der Waals surface area contributed by atoms with E-state index >= 15 is 0 Å². The molecule has 0 bridgehead atoms. The highest BCUT2D eigenvalue weighted by atomic mass is 16.3. The van der Waals surface area contributed by atoms with Gasteiger partial charge >= 0.3 is 0 Å². The summed E-state index contributed by atoms with van der Waals surface area (Å²) in [6.07, 6.45) is 0. The van der Waals surface area contributed by atoms with Gasteiger partial charge in [0.15, 0.2) is 0 Å². The Balaban J connectivity index is 1.23. The van der Waals surface area contributed by atoms with Gasteiger partial charge in [-0.3, -0.25) is 0 Å². The Bertz CT molecular complexity index is 3150. The lowest BCUT2D eigenvalue weighted by Crippen LogP contribution is -2.15.